The van der Waals surface area contributed by atoms with Crippen molar-refractivity contribution >= 4 is 5.82 Å². The van der Waals surface area contributed by atoms with Gasteiger partial charge in [-0.25, -0.2) is 4.98 Å². The van der Waals surface area contributed by atoms with Crippen molar-refractivity contribution < 1.29 is 0 Å². The summed E-state index contributed by atoms with van der Waals surface area (Å²) in [5.41, 5.74) is 2.54. The first kappa shape index (κ1) is 15.3. The number of anilines is 1. The standard InChI is InChI=1S/C16H28N4/c1-13(2)12-19-5-7-20(8-6-19)16-14(3)9-15(10-17-4)11-18-16/h9,11,13,17H,5-8,10,12H2,1-4H3. The Morgan fingerprint density at radius 3 is 2.50 bits per heavy atom. The molecule has 1 fully saturated rings. The highest BCUT2D eigenvalue weighted by atomic mass is 15.3. The van der Waals surface area contributed by atoms with Gasteiger partial charge in [-0.15, -0.1) is 0 Å². The topological polar surface area (TPSA) is 31.4 Å². The van der Waals surface area contributed by atoms with Gasteiger partial charge in [-0.2, -0.15) is 0 Å². The molecule has 1 aliphatic heterocycles. The zero-order chi connectivity index (χ0) is 14.5. The lowest BCUT2D eigenvalue weighted by molar-refractivity contribution is 0.231. The molecule has 0 aliphatic carbocycles. The van der Waals surface area contributed by atoms with Crippen LogP contribution in [0.15, 0.2) is 12.3 Å². The highest BCUT2D eigenvalue weighted by Gasteiger charge is 2.19. The number of hydrogen-bond acceptors (Lipinski definition) is 4. The maximum Gasteiger partial charge on any atom is 0.131 e. The average Bonchev–Trinajstić information content (AvgIpc) is 2.40. The van der Waals surface area contributed by atoms with Gasteiger partial charge in [-0.1, -0.05) is 13.8 Å². The van der Waals surface area contributed by atoms with Crippen molar-refractivity contribution in [3.63, 3.8) is 0 Å². The van der Waals surface area contributed by atoms with E-state index in [1.165, 1.54) is 17.7 Å². The van der Waals surface area contributed by atoms with E-state index in [1.54, 1.807) is 0 Å². The lowest BCUT2D eigenvalue weighted by Crippen LogP contribution is -2.47. The molecule has 1 N–H and O–H groups in total. The number of nitrogens with one attached hydrogen (secondary N) is 1. The van der Waals surface area contributed by atoms with Gasteiger partial charge in [0.25, 0.3) is 0 Å². The minimum Gasteiger partial charge on any atom is -0.354 e. The van der Waals surface area contributed by atoms with Gasteiger partial charge < -0.3 is 10.2 Å². The molecule has 4 nitrogen and oxygen atoms in total. The van der Waals surface area contributed by atoms with Gasteiger partial charge >= 0.3 is 0 Å². The Morgan fingerprint density at radius 1 is 1.25 bits per heavy atom. The van der Waals surface area contributed by atoms with Gasteiger partial charge in [0.05, 0.1) is 0 Å². The maximum atomic E-state index is 4.67. The molecule has 0 aromatic carbocycles. The molecule has 1 aromatic rings. The fourth-order valence-corrected chi connectivity index (χ4v) is 2.92. The molecule has 1 aromatic heterocycles. The van der Waals surface area contributed by atoms with Crippen LogP contribution in [0.25, 0.3) is 0 Å². The highest BCUT2D eigenvalue weighted by molar-refractivity contribution is 5.47. The zero-order valence-electron chi connectivity index (χ0n) is 13.3. The molecule has 0 bridgehead atoms. The van der Waals surface area contributed by atoms with Gasteiger partial charge in [0.15, 0.2) is 0 Å². The largest absolute Gasteiger partial charge is 0.354 e. The third-order valence-electron chi connectivity index (χ3n) is 3.78. The molecular weight excluding hydrogens is 248 g/mol. The second-order valence-electron chi connectivity index (χ2n) is 6.20. The Bertz CT molecular complexity index is 422. The predicted molar refractivity (Wildman–Crippen MR) is 85.2 cm³/mol. The molecule has 2 heterocycles. The molecule has 0 spiro atoms. The first-order chi connectivity index (χ1) is 9.60. The van der Waals surface area contributed by atoms with Gasteiger partial charge in [0.2, 0.25) is 0 Å². The minimum atomic E-state index is 0.752. The van der Waals surface area contributed by atoms with Crippen LogP contribution in [-0.2, 0) is 6.54 Å². The Hall–Kier alpha value is -1.13. The summed E-state index contributed by atoms with van der Waals surface area (Å²) in [4.78, 5) is 9.66. The quantitative estimate of drug-likeness (QED) is 0.890. The lowest BCUT2D eigenvalue weighted by Gasteiger charge is -2.36. The van der Waals surface area contributed by atoms with Crippen molar-refractivity contribution in [2.45, 2.75) is 27.3 Å². The van der Waals surface area contributed by atoms with Crippen molar-refractivity contribution in [1.29, 1.82) is 0 Å². The Labute approximate surface area is 123 Å². The van der Waals surface area contributed by atoms with E-state index in [1.807, 2.05) is 13.2 Å². The van der Waals surface area contributed by atoms with Gasteiger partial charge in [0.1, 0.15) is 5.82 Å². The number of pyridine rings is 1. The van der Waals surface area contributed by atoms with Gasteiger partial charge in [-0.05, 0) is 37.1 Å². The fourth-order valence-electron chi connectivity index (χ4n) is 2.92. The average molecular weight is 276 g/mol. The molecular formula is C16H28N4. The first-order valence-corrected chi connectivity index (χ1v) is 7.67. The van der Waals surface area contributed by atoms with E-state index < -0.39 is 0 Å². The molecule has 0 amide bonds. The molecule has 4 heteroatoms. The monoisotopic (exact) mass is 276 g/mol. The van der Waals surface area contributed by atoms with Crippen molar-refractivity contribution in [3.8, 4) is 0 Å². The van der Waals surface area contributed by atoms with Crippen molar-refractivity contribution in [2.24, 2.45) is 5.92 Å². The number of hydrogen-bond donors (Lipinski definition) is 1. The summed E-state index contributed by atoms with van der Waals surface area (Å²) in [6.45, 7) is 13.3. The van der Waals surface area contributed by atoms with Crippen LogP contribution in [0.4, 0.5) is 5.82 Å². The maximum absolute atomic E-state index is 4.67. The van der Waals surface area contributed by atoms with E-state index in [9.17, 15) is 0 Å². The van der Waals surface area contributed by atoms with E-state index >= 15 is 0 Å². The summed E-state index contributed by atoms with van der Waals surface area (Å²) in [7, 11) is 1.97. The number of aromatic nitrogens is 1. The van der Waals surface area contributed by atoms with E-state index in [0.29, 0.717) is 0 Å². The van der Waals surface area contributed by atoms with Crippen molar-refractivity contribution in [2.75, 3.05) is 44.7 Å². The van der Waals surface area contributed by atoms with Crippen LogP contribution < -0.4 is 10.2 Å². The van der Waals surface area contributed by atoms with Crippen LogP contribution in [0, 0.1) is 12.8 Å². The second-order valence-corrected chi connectivity index (χ2v) is 6.20. The molecule has 112 valence electrons. The fraction of sp³-hybridized carbons (Fsp3) is 0.688. The van der Waals surface area contributed by atoms with Gasteiger partial charge in [-0.3, -0.25) is 4.90 Å². The first-order valence-electron chi connectivity index (χ1n) is 7.67. The third-order valence-corrected chi connectivity index (χ3v) is 3.78. The smallest absolute Gasteiger partial charge is 0.131 e. The van der Waals surface area contributed by atoms with Gasteiger partial charge in [0, 0.05) is 45.5 Å². The zero-order valence-corrected chi connectivity index (χ0v) is 13.3. The molecule has 0 unspecified atom stereocenters. The van der Waals surface area contributed by atoms with E-state index in [2.05, 4.69) is 46.9 Å². The summed E-state index contributed by atoms with van der Waals surface area (Å²) in [6, 6.07) is 2.25. The summed E-state index contributed by atoms with van der Waals surface area (Å²) >= 11 is 0. The normalized spacial score (nSPS) is 16.9. The molecule has 0 saturated carbocycles. The Morgan fingerprint density at radius 2 is 1.95 bits per heavy atom. The summed E-state index contributed by atoms with van der Waals surface area (Å²) in [5, 5.41) is 3.17. The molecule has 1 saturated heterocycles. The molecule has 1 aliphatic rings. The van der Waals surface area contributed by atoms with E-state index in [0.717, 1.165) is 44.5 Å². The summed E-state index contributed by atoms with van der Waals surface area (Å²) < 4.78 is 0. The van der Waals surface area contributed by atoms with Crippen LogP contribution in [0.5, 0.6) is 0 Å². The van der Waals surface area contributed by atoms with Crippen LogP contribution in [0.3, 0.4) is 0 Å². The molecule has 2 rings (SSSR count). The second kappa shape index (κ2) is 7.04. The number of piperazine rings is 1. The number of rotatable bonds is 5. The molecule has 0 atom stereocenters. The van der Waals surface area contributed by atoms with Crippen molar-refractivity contribution in [1.82, 2.24) is 15.2 Å². The predicted octanol–water partition coefficient (Wildman–Crippen LogP) is 1.89. The van der Waals surface area contributed by atoms with E-state index in [-0.39, 0.29) is 0 Å². The van der Waals surface area contributed by atoms with Crippen LogP contribution in [0.1, 0.15) is 25.0 Å². The van der Waals surface area contributed by atoms with E-state index in [4.69, 9.17) is 0 Å². The van der Waals surface area contributed by atoms with Crippen LogP contribution in [0.2, 0.25) is 0 Å². The van der Waals surface area contributed by atoms with Crippen LogP contribution >= 0.6 is 0 Å². The Balaban J connectivity index is 1.96. The SMILES string of the molecule is CNCc1cnc(N2CCN(CC(C)C)CC2)c(C)c1. The summed E-state index contributed by atoms with van der Waals surface area (Å²) in [6.07, 6.45) is 2.00. The Kier molecular flexibility index (Phi) is 5.38. The number of aryl methyl sites for hydroxylation is 1. The highest BCUT2D eigenvalue weighted by Crippen LogP contribution is 2.19. The number of nitrogens with zero attached hydrogens (tertiary/aromatic N) is 3. The third kappa shape index (κ3) is 3.93. The lowest BCUT2D eigenvalue weighted by atomic mass is 10.1. The van der Waals surface area contributed by atoms with Crippen LogP contribution in [-0.4, -0.2) is 49.7 Å². The molecule has 0 radical (unpaired) electrons. The molecule has 20 heavy (non-hydrogen) atoms. The minimum absolute atomic E-state index is 0.752. The summed E-state index contributed by atoms with van der Waals surface area (Å²) in [5.74, 6) is 1.91. The van der Waals surface area contributed by atoms with Crippen molar-refractivity contribution in [3.05, 3.63) is 23.4 Å².